The van der Waals surface area contributed by atoms with Crippen molar-refractivity contribution in [3.63, 3.8) is 0 Å². The van der Waals surface area contributed by atoms with Crippen LogP contribution >= 0.6 is 0 Å². The fraction of sp³-hybridized carbons (Fsp3) is 0.484. The Balaban J connectivity index is 1.24. The van der Waals surface area contributed by atoms with Crippen LogP contribution in [0, 0.1) is 34.5 Å². The molecule has 1 N–H and O–H groups in total. The number of rotatable bonds is 3. The third-order valence-corrected chi connectivity index (χ3v) is 10.3. The molecule has 0 spiro atoms. The number of carbonyl (C=O) groups excluding carboxylic acids is 2. The molecule has 3 nitrogen and oxygen atoms in total. The summed E-state index contributed by atoms with van der Waals surface area (Å²) in [5, 5.41) is 3.25. The minimum Gasteiger partial charge on any atom is -0.349 e. The highest BCUT2D eigenvalue weighted by atomic mass is 16.1. The number of carbonyl (C=O) groups is 2. The lowest BCUT2D eigenvalue weighted by atomic mass is 9.47. The molecular formula is C31H35NO2. The van der Waals surface area contributed by atoms with Crippen LogP contribution in [0.2, 0.25) is 0 Å². The Hall–Kier alpha value is -2.68. The largest absolute Gasteiger partial charge is 0.349 e. The molecule has 2 aromatic carbocycles. The number of hydrogen-bond acceptors (Lipinski definition) is 2. The molecule has 2 unspecified atom stereocenters. The lowest BCUT2D eigenvalue weighted by Crippen LogP contribution is -2.59. The minimum absolute atomic E-state index is 0.0491. The Morgan fingerprint density at radius 2 is 1.59 bits per heavy atom. The van der Waals surface area contributed by atoms with Crippen molar-refractivity contribution in [3.05, 3.63) is 72.3 Å². The van der Waals surface area contributed by atoms with Crippen molar-refractivity contribution in [2.24, 2.45) is 34.5 Å². The zero-order valence-electron chi connectivity index (χ0n) is 20.3. The normalized spacial score (nSPS) is 38.4. The molecule has 1 heterocycles. The molecule has 3 aliphatic carbocycles. The molecule has 3 fully saturated rings. The Morgan fingerprint density at radius 1 is 0.853 bits per heavy atom. The van der Waals surface area contributed by atoms with E-state index in [0.717, 1.165) is 43.2 Å². The number of hydrogen-bond donors (Lipinski definition) is 1. The Kier molecular flexibility index (Phi) is 5.09. The summed E-state index contributed by atoms with van der Waals surface area (Å²) in [6.07, 6.45) is 10.6. The Morgan fingerprint density at radius 3 is 2.35 bits per heavy atom. The second-order valence-corrected chi connectivity index (χ2v) is 11.7. The van der Waals surface area contributed by atoms with Crippen LogP contribution in [-0.4, -0.2) is 17.7 Å². The molecule has 0 saturated heterocycles. The summed E-state index contributed by atoms with van der Waals surface area (Å²) in [5.74, 6) is 2.37. The van der Waals surface area contributed by atoms with Gasteiger partial charge in [0.1, 0.15) is 0 Å². The van der Waals surface area contributed by atoms with E-state index in [2.05, 4.69) is 61.6 Å². The Labute approximate surface area is 203 Å². The Bertz CT molecular complexity index is 1140. The van der Waals surface area contributed by atoms with Crippen molar-refractivity contribution < 1.29 is 9.59 Å². The number of nitrogens with one attached hydrogen (secondary N) is 1. The van der Waals surface area contributed by atoms with Crippen molar-refractivity contribution in [1.29, 1.82) is 0 Å². The first-order chi connectivity index (χ1) is 16.4. The van der Waals surface area contributed by atoms with Crippen LogP contribution in [0.25, 0.3) is 11.1 Å². The maximum absolute atomic E-state index is 13.8. The SMILES string of the molecule is C[C@]12C=CC(=O)NC1CC[C@@H]1[C@H]2CC[C@]2(C)C(C(=O)c3ccc(-c4ccccc4)cc3)CC[C@@H]12. The average molecular weight is 454 g/mol. The van der Waals surface area contributed by atoms with Crippen LogP contribution in [0.3, 0.4) is 0 Å². The molecule has 2 aromatic rings. The van der Waals surface area contributed by atoms with Crippen molar-refractivity contribution >= 4 is 11.7 Å². The van der Waals surface area contributed by atoms with Crippen LogP contribution in [0.1, 0.15) is 62.7 Å². The summed E-state index contributed by atoms with van der Waals surface area (Å²) >= 11 is 0. The lowest BCUT2D eigenvalue weighted by molar-refractivity contribution is -0.122. The molecule has 176 valence electrons. The van der Waals surface area contributed by atoms with Gasteiger partial charge in [0.15, 0.2) is 5.78 Å². The van der Waals surface area contributed by atoms with Gasteiger partial charge in [-0.05, 0) is 78.9 Å². The van der Waals surface area contributed by atoms with E-state index >= 15 is 0 Å². The van der Waals surface area contributed by atoms with Gasteiger partial charge >= 0.3 is 0 Å². The summed E-state index contributed by atoms with van der Waals surface area (Å²) < 4.78 is 0. The summed E-state index contributed by atoms with van der Waals surface area (Å²) in [6, 6.07) is 18.9. The molecule has 0 bridgehead atoms. The number of benzene rings is 2. The predicted octanol–water partition coefficient (Wildman–Crippen LogP) is 6.45. The van der Waals surface area contributed by atoms with Crippen LogP contribution in [0.15, 0.2) is 66.7 Å². The molecule has 0 aromatic heterocycles. The third-order valence-electron chi connectivity index (χ3n) is 10.3. The maximum atomic E-state index is 13.8. The van der Waals surface area contributed by atoms with E-state index in [-0.39, 0.29) is 28.7 Å². The number of amides is 1. The van der Waals surface area contributed by atoms with E-state index in [4.69, 9.17) is 0 Å². The van der Waals surface area contributed by atoms with Crippen molar-refractivity contribution in [2.45, 2.75) is 58.4 Å². The first kappa shape index (κ1) is 21.8. The molecule has 7 atom stereocenters. The highest BCUT2D eigenvalue weighted by molar-refractivity contribution is 5.99. The molecule has 4 aliphatic rings. The molecule has 1 aliphatic heterocycles. The molecule has 6 rings (SSSR count). The van der Waals surface area contributed by atoms with E-state index in [1.807, 2.05) is 18.2 Å². The van der Waals surface area contributed by atoms with E-state index in [1.54, 1.807) is 6.08 Å². The molecule has 1 amide bonds. The van der Waals surface area contributed by atoms with Crippen LogP contribution in [0.5, 0.6) is 0 Å². The molecular weight excluding hydrogens is 418 g/mol. The highest BCUT2D eigenvalue weighted by Crippen LogP contribution is 2.65. The van der Waals surface area contributed by atoms with E-state index in [0.29, 0.717) is 23.5 Å². The summed E-state index contributed by atoms with van der Waals surface area (Å²) in [5.41, 5.74) is 3.34. The van der Waals surface area contributed by atoms with Gasteiger partial charge in [0.2, 0.25) is 5.91 Å². The first-order valence-corrected chi connectivity index (χ1v) is 13.1. The maximum Gasteiger partial charge on any atom is 0.243 e. The molecule has 0 radical (unpaired) electrons. The molecule has 3 heteroatoms. The summed E-state index contributed by atoms with van der Waals surface area (Å²) in [4.78, 5) is 25.8. The first-order valence-electron chi connectivity index (χ1n) is 13.1. The monoisotopic (exact) mass is 453 g/mol. The second-order valence-electron chi connectivity index (χ2n) is 11.7. The third kappa shape index (κ3) is 3.23. The van der Waals surface area contributed by atoms with Crippen molar-refractivity contribution in [3.8, 4) is 11.1 Å². The standard InChI is InChI=1S/C31H35NO2/c1-30-18-16-25-23(12-15-27-31(25,2)19-17-28(33)32-27)24(30)13-14-26(30)29(34)22-10-8-21(9-11-22)20-6-4-3-5-7-20/h3-11,17,19,23-27H,12-16,18H2,1-2H3,(H,32,33)/t23-,24-,25+,26?,27?,30-,31+/m0/s1. The second kappa shape index (κ2) is 7.93. The molecule has 34 heavy (non-hydrogen) atoms. The quantitative estimate of drug-likeness (QED) is 0.543. The van der Waals surface area contributed by atoms with Crippen LogP contribution in [0.4, 0.5) is 0 Å². The molecule has 3 saturated carbocycles. The van der Waals surface area contributed by atoms with Gasteiger partial charge in [-0.3, -0.25) is 9.59 Å². The zero-order valence-corrected chi connectivity index (χ0v) is 20.3. The average Bonchev–Trinajstić information content (AvgIpc) is 3.22. The van der Waals surface area contributed by atoms with Gasteiger partial charge in [-0.1, -0.05) is 74.5 Å². The predicted molar refractivity (Wildman–Crippen MR) is 135 cm³/mol. The van der Waals surface area contributed by atoms with Gasteiger partial charge < -0.3 is 5.32 Å². The minimum atomic E-state index is 0.0491. The highest BCUT2D eigenvalue weighted by Gasteiger charge is 2.60. The van der Waals surface area contributed by atoms with Gasteiger partial charge in [-0.25, -0.2) is 0 Å². The van der Waals surface area contributed by atoms with Gasteiger partial charge in [0.05, 0.1) is 0 Å². The van der Waals surface area contributed by atoms with E-state index in [9.17, 15) is 9.59 Å². The summed E-state index contributed by atoms with van der Waals surface area (Å²) in [6.45, 7) is 4.77. The fourth-order valence-electron chi connectivity index (χ4n) is 8.42. The number of ketones is 1. The van der Waals surface area contributed by atoms with Crippen molar-refractivity contribution in [2.75, 3.05) is 0 Å². The van der Waals surface area contributed by atoms with Gasteiger partial charge in [0, 0.05) is 22.9 Å². The van der Waals surface area contributed by atoms with Crippen LogP contribution in [-0.2, 0) is 4.79 Å². The topological polar surface area (TPSA) is 46.2 Å². The van der Waals surface area contributed by atoms with Crippen molar-refractivity contribution in [1.82, 2.24) is 5.32 Å². The van der Waals surface area contributed by atoms with Gasteiger partial charge in [-0.15, -0.1) is 0 Å². The lowest BCUT2D eigenvalue weighted by Gasteiger charge is -2.58. The number of fused-ring (bicyclic) bond motifs is 5. The fourth-order valence-corrected chi connectivity index (χ4v) is 8.42. The van der Waals surface area contributed by atoms with Gasteiger partial charge in [-0.2, -0.15) is 0 Å². The number of Topliss-reactive ketones (excluding diaryl/α,β-unsaturated/α-hetero) is 1. The zero-order chi connectivity index (χ0) is 23.5. The smallest absolute Gasteiger partial charge is 0.243 e. The van der Waals surface area contributed by atoms with E-state index in [1.165, 1.54) is 12.0 Å². The van der Waals surface area contributed by atoms with Crippen LogP contribution < -0.4 is 5.32 Å². The summed E-state index contributed by atoms with van der Waals surface area (Å²) in [7, 11) is 0. The van der Waals surface area contributed by atoms with Gasteiger partial charge in [0.25, 0.3) is 0 Å². The van der Waals surface area contributed by atoms with E-state index < -0.39 is 0 Å².